The number of hydrogen-bond donors (Lipinski definition) is 2. The lowest BCUT2D eigenvalue weighted by Crippen LogP contribution is -2.38. The van der Waals surface area contributed by atoms with Gasteiger partial charge in [0, 0.05) is 23.1 Å². The zero-order chi connectivity index (χ0) is 13.7. The molecule has 1 aliphatic rings. The lowest BCUT2D eigenvalue weighted by atomic mass is 10.2. The van der Waals surface area contributed by atoms with Crippen LogP contribution in [0.3, 0.4) is 0 Å². The topological polar surface area (TPSA) is 36.4 Å². The number of benzene rings is 1. The number of guanidine groups is 1. The van der Waals surface area contributed by atoms with Gasteiger partial charge in [0.05, 0.1) is 6.54 Å². The van der Waals surface area contributed by atoms with Gasteiger partial charge in [0.25, 0.3) is 0 Å². The highest BCUT2D eigenvalue weighted by molar-refractivity contribution is 9.10. The first kappa shape index (κ1) is 14.3. The van der Waals surface area contributed by atoms with Crippen molar-refractivity contribution in [1.82, 2.24) is 10.6 Å². The molecule has 0 spiro atoms. The lowest BCUT2D eigenvalue weighted by molar-refractivity contribution is 0.609. The third-order valence-corrected chi connectivity index (χ3v) is 3.52. The number of aliphatic imine (C=N–C) groups is 1. The highest BCUT2D eigenvalue weighted by Gasteiger charge is 2.21. The zero-order valence-corrected chi connectivity index (χ0v) is 12.6. The number of nitrogens with one attached hydrogen (secondary N) is 2. The van der Waals surface area contributed by atoms with Crippen molar-refractivity contribution in [1.29, 1.82) is 0 Å². The van der Waals surface area contributed by atoms with Crippen molar-refractivity contribution < 1.29 is 4.39 Å². The molecule has 2 rings (SSSR count). The SMILES string of the molecule is CCNC(=NCc1ccc(Br)cc1F)NCC1CC1. The second-order valence-electron chi connectivity index (χ2n) is 4.76. The Morgan fingerprint density at radius 1 is 1.42 bits per heavy atom. The minimum absolute atomic E-state index is 0.226. The summed E-state index contributed by atoms with van der Waals surface area (Å²) in [5, 5.41) is 6.46. The monoisotopic (exact) mass is 327 g/mol. The van der Waals surface area contributed by atoms with Crippen LogP contribution in [0.2, 0.25) is 0 Å². The van der Waals surface area contributed by atoms with Crippen molar-refractivity contribution >= 4 is 21.9 Å². The van der Waals surface area contributed by atoms with E-state index < -0.39 is 0 Å². The van der Waals surface area contributed by atoms with Gasteiger partial charge in [-0.15, -0.1) is 0 Å². The maximum absolute atomic E-state index is 13.7. The van der Waals surface area contributed by atoms with Crippen molar-refractivity contribution in [3.63, 3.8) is 0 Å². The molecule has 5 heteroatoms. The van der Waals surface area contributed by atoms with Crippen molar-refractivity contribution in [2.24, 2.45) is 10.9 Å². The molecule has 0 heterocycles. The lowest BCUT2D eigenvalue weighted by Gasteiger charge is -2.10. The van der Waals surface area contributed by atoms with Gasteiger partial charge in [0.15, 0.2) is 5.96 Å². The molecular weight excluding hydrogens is 309 g/mol. The van der Waals surface area contributed by atoms with E-state index in [9.17, 15) is 4.39 Å². The van der Waals surface area contributed by atoms with Crippen molar-refractivity contribution in [3.8, 4) is 0 Å². The van der Waals surface area contributed by atoms with Crippen LogP contribution in [-0.4, -0.2) is 19.0 Å². The molecule has 1 aromatic rings. The van der Waals surface area contributed by atoms with E-state index in [1.807, 2.05) is 13.0 Å². The summed E-state index contributed by atoms with van der Waals surface area (Å²) in [4.78, 5) is 4.41. The first-order valence-corrected chi connectivity index (χ1v) is 7.44. The molecule has 0 aliphatic heterocycles. The molecule has 104 valence electrons. The first-order chi connectivity index (χ1) is 9.19. The van der Waals surface area contributed by atoms with E-state index in [-0.39, 0.29) is 5.82 Å². The Hall–Kier alpha value is -1.10. The third-order valence-electron chi connectivity index (χ3n) is 3.02. The van der Waals surface area contributed by atoms with Crippen molar-refractivity contribution in [3.05, 3.63) is 34.1 Å². The minimum atomic E-state index is -0.226. The van der Waals surface area contributed by atoms with Gasteiger partial charge < -0.3 is 10.6 Å². The predicted molar refractivity (Wildman–Crippen MR) is 79.6 cm³/mol. The molecule has 1 aromatic carbocycles. The smallest absolute Gasteiger partial charge is 0.191 e. The van der Waals surface area contributed by atoms with E-state index in [0.29, 0.717) is 12.1 Å². The predicted octanol–water partition coefficient (Wildman–Crippen LogP) is 3.05. The van der Waals surface area contributed by atoms with Crippen molar-refractivity contribution in [2.75, 3.05) is 13.1 Å². The molecule has 0 saturated heterocycles. The zero-order valence-electron chi connectivity index (χ0n) is 11.0. The van der Waals surface area contributed by atoms with Gasteiger partial charge in [-0.05, 0) is 37.8 Å². The first-order valence-electron chi connectivity index (χ1n) is 6.65. The third kappa shape index (κ3) is 4.82. The molecular formula is C14H19BrFN3. The van der Waals surface area contributed by atoms with Crippen LogP contribution in [0.25, 0.3) is 0 Å². The molecule has 1 aliphatic carbocycles. The van der Waals surface area contributed by atoms with E-state index in [1.165, 1.54) is 18.9 Å². The summed E-state index contributed by atoms with van der Waals surface area (Å²) in [6.07, 6.45) is 2.60. The highest BCUT2D eigenvalue weighted by Crippen LogP contribution is 2.27. The summed E-state index contributed by atoms with van der Waals surface area (Å²) in [6.45, 7) is 4.13. The van der Waals surface area contributed by atoms with Gasteiger partial charge in [-0.3, -0.25) is 0 Å². The van der Waals surface area contributed by atoms with E-state index in [1.54, 1.807) is 6.07 Å². The Morgan fingerprint density at radius 2 is 2.21 bits per heavy atom. The van der Waals surface area contributed by atoms with Crippen LogP contribution in [0.15, 0.2) is 27.7 Å². The van der Waals surface area contributed by atoms with Crippen LogP contribution in [0.4, 0.5) is 4.39 Å². The maximum atomic E-state index is 13.7. The minimum Gasteiger partial charge on any atom is -0.357 e. The summed E-state index contributed by atoms with van der Waals surface area (Å²) in [5.41, 5.74) is 0.604. The number of rotatable bonds is 5. The average Bonchev–Trinajstić information content (AvgIpc) is 3.18. The van der Waals surface area contributed by atoms with E-state index >= 15 is 0 Å². The summed E-state index contributed by atoms with van der Waals surface area (Å²) < 4.78 is 14.4. The molecule has 0 atom stereocenters. The fourth-order valence-corrected chi connectivity index (χ4v) is 2.05. The average molecular weight is 328 g/mol. The van der Waals surface area contributed by atoms with Crippen LogP contribution in [0.5, 0.6) is 0 Å². The quantitative estimate of drug-likeness (QED) is 0.644. The highest BCUT2D eigenvalue weighted by atomic mass is 79.9. The van der Waals surface area contributed by atoms with Gasteiger partial charge in [0.2, 0.25) is 0 Å². The Labute approximate surface area is 121 Å². The van der Waals surface area contributed by atoms with Gasteiger partial charge in [-0.1, -0.05) is 22.0 Å². The Kier molecular flexibility index (Phi) is 5.19. The maximum Gasteiger partial charge on any atom is 0.191 e. The second-order valence-corrected chi connectivity index (χ2v) is 5.67. The van der Waals surface area contributed by atoms with Crippen LogP contribution in [-0.2, 0) is 6.54 Å². The van der Waals surface area contributed by atoms with Crippen molar-refractivity contribution in [2.45, 2.75) is 26.3 Å². The summed E-state index contributed by atoms with van der Waals surface area (Å²) in [5.74, 6) is 1.32. The molecule has 2 N–H and O–H groups in total. The molecule has 1 fully saturated rings. The standard InChI is InChI=1S/C14H19BrFN3/c1-2-17-14(18-8-10-3-4-10)19-9-11-5-6-12(15)7-13(11)16/h5-7,10H,2-4,8-9H2,1H3,(H2,17,18,19). The van der Waals surface area contributed by atoms with Gasteiger partial charge >= 0.3 is 0 Å². The van der Waals surface area contributed by atoms with Gasteiger partial charge in [0.1, 0.15) is 5.82 Å². The normalized spacial score (nSPS) is 15.4. The van der Waals surface area contributed by atoms with Gasteiger partial charge in [-0.25, -0.2) is 9.38 Å². The fourth-order valence-electron chi connectivity index (χ4n) is 1.72. The van der Waals surface area contributed by atoms with E-state index in [0.717, 1.165) is 29.4 Å². The molecule has 0 aromatic heterocycles. The Balaban J connectivity index is 1.95. The number of halogens is 2. The van der Waals surface area contributed by atoms with Gasteiger partial charge in [-0.2, -0.15) is 0 Å². The van der Waals surface area contributed by atoms with Crippen LogP contribution >= 0.6 is 15.9 Å². The second kappa shape index (κ2) is 6.89. The summed E-state index contributed by atoms with van der Waals surface area (Å²) in [7, 11) is 0. The summed E-state index contributed by atoms with van der Waals surface area (Å²) in [6, 6.07) is 5.06. The molecule has 3 nitrogen and oxygen atoms in total. The molecule has 19 heavy (non-hydrogen) atoms. The van der Waals surface area contributed by atoms with Crippen LogP contribution in [0, 0.1) is 11.7 Å². The summed E-state index contributed by atoms with van der Waals surface area (Å²) >= 11 is 3.25. The van der Waals surface area contributed by atoms with Crippen LogP contribution < -0.4 is 10.6 Å². The molecule has 0 amide bonds. The molecule has 0 bridgehead atoms. The molecule has 0 unspecified atom stereocenters. The van der Waals surface area contributed by atoms with E-state index in [2.05, 4.69) is 31.6 Å². The Bertz CT molecular complexity index is 458. The molecule has 1 saturated carbocycles. The largest absolute Gasteiger partial charge is 0.357 e. The molecule has 0 radical (unpaired) electrons. The Morgan fingerprint density at radius 3 is 2.84 bits per heavy atom. The van der Waals surface area contributed by atoms with Crippen LogP contribution in [0.1, 0.15) is 25.3 Å². The number of nitrogens with zero attached hydrogens (tertiary/aromatic N) is 1. The fraction of sp³-hybridized carbons (Fsp3) is 0.500. The number of hydrogen-bond acceptors (Lipinski definition) is 1. The van der Waals surface area contributed by atoms with E-state index in [4.69, 9.17) is 0 Å².